The molecule has 6 rings (SSSR count). The molecule has 9 heteroatoms. The first-order valence-electron chi connectivity index (χ1n) is 17.9. The number of fused-ring (bicyclic) bond motifs is 2. The highest BCUT2D eigenvalue weighted by Gasteiger charge is 2.42. The fourth-order valence-electron chi connectivity index (χ4n) is 8.78. The zero-order chi connectivity index (χ0) is 31.3. The van der Waals surface area contributed by atoms with E-state index in [0.717, 1.165) is 76.2 Å². The summed E-state index contributed by atoms with van der Waals surface area (Å²) in [5.74, 6) is 3.43. The maximum Gasteiger partial charge on any atom is 0.223 e. The average molecular weight is 618 g/mol. The fraction of sp³-hybridized carbons (Fsp3) is 0.722. The van der Waals surface area contributed by atoms with Crippen LogP contribution in [0.4, 0.5) is 0 Å². The summed E-state index contributed by atoms with van der Waals surface area (Å²) in [6.07, 6.45) is 12.1. The van der Waals surface area contributed by atoms with Gasteiger partial charge in [-0.1, -0.05) is 44.2 Å². The van der Waals surface area contributed by atoms with Crippen LogP contribution in [-0.4, -0.2) is 69.2 Å². The molecule has 1 aliphatic carbocycles. The number of amides is 2. The minimum absolute atomic E-state index is 0.0120. The lowest BCUT2D eigenvalue weighted by Crippen LogP contribution is -2.45. The second-order valence-corrected chi connectivity index (χ2v) is 14.6. The fourth-order valence-corrected chi connectivity index (χ4v) is 8.78. The number of piperidine rings is 2. The van der Waals surface area contributed by atoms with E-state index in [0.29, 0.717) is 36.4 Å². The molecule has 0 spiro atoms. The highest BCUT2D eigenvalue weighted by molar-refractivity contribution is 5.80. The van der Waals surface area contributed by atoms with Gasteiger partial charge in [-0.2, -0.15) is 0 Å². The van der Waals surface area contributed by atoms with Crippen molar-refractivity contribution in [2.24, 2.45) is 11.8 Å². The van der Waals surface area contributed by atoms with E-state index in [1.165, 1.54) is 31.2 Å². The standard InChI is InChI=1S/C36H55N7O2/c1-24(2)35-41-40-25(3)43(35)32-22-30-12-13-31(23-32)42(30)20-17-33(27-7-5-4-6-8-27)39-36(45)28-10-11-29(21-28)38-34(44)14-9-26-15-18-37-19-16-26/h4-8,24,26,28-33,37H,9-23H2,1-3H3,(H,38,44)(H,39,45)/t28-,29+,30?,31?,32?,33+/m1/s1. The van der Waals surface area contributed by atoms with Crippen LogP contribution in [0.15, 0.2) is 30.3 Å². The number of nitrogens with zero attached hydrogens (tertiary/aromatic N) is 4. The third kappa shape index (κ3) is 7.79. The van der Waals surface area contributed by atoms with Gasteiger partial charge in [0.05, 0.1) is 6.04 Å². The molecule has 45 heavy (non-hydrogen) atoms. The molecule has 4 fully saturated rings. The minimum atomic E-state index is -0.0416. The van der Waals surface area contributed by atoms with Crippen molar-refractivity contribution in [2.75, 3.05) is 19.6 Å². The summed E-state index contributed by atoms with van der Waals surface area (Å²) in [6, 6.07) is 12.2. The van der Waals surface area contributed by atoms with Crippen LogP contribution < -0.4 is 16.0 Å². The molecule has 2 aromatic rings. The van der Waals surface area contributed by atoms with Gasteiger partial charge in [0, 0.05) is 49.0 Å². The number of benzene rings is 1. The van der Waals surface area contributed by atoms with Gasteiger partial charge in [-0.25, -0.2) is 0 Å². The van der Waals surface area contributed by atoms with Crippen molar-refractivity contribution in [3.05, 3.63) is 47.5 Å². The number of hydrogen-bond donors (Lipinski definition) is 3. The third-order valence-electron chi connectivity index (χ3n) is 11.2. The second-order valence-electron chi connectivity index (χ2n) is 14.6. The van der Waals surface area contributed by atoms with Crippen molar-refractivity contribution in [1.29, 1.82) is 0 Å². The SMILES string of the molecule is Cc1nnc(C(C)C)n1C1CC2CCC(C1)N2CC[C@H](NC(=O)[C@@H]1CC[C@H](NC(=O)CCC2CCNCC2)C1)c1ccccc1. The van der Waals surface area contributed by atoms with Crippen LogP contribution in [0.2, 0.25) is 0 Å². The molecule has 2 unspecified atom stereocenters. The van der Waals surface area contributed by atoms with E-state index in [1.54, 1.807) is 0 Å². The Morgan fingerprint density at radius 3 is 2.38 bits per heavy atom. The van der Waals surface area contributed by atoms with E-state index in [-0.39, 0.29) is 29.8 Å². The van der Waals surface area contributed by atoms with E-state index in [9.17, 15) is 9.59 Å². The van der Waals surface area contributed by atoms with Gasteiger partial charge < -0.3 is 20.5 Å². The molecule has 1 aromatic carbocycles. The molecule has 5 atom stereocenters. The Hall–Kier alpha value is -2.78. The highest BCUT2D eigenvalue weighted by atomic mass is 16.2. The van der Waals surface area contributed by atoms with Crippen molar-refractivity contribution in [1.82, 2.24) is 35.6 Å². The molecular formula is C36H55N7O2. The van der Waals surface area contributed by atoms with Gasteiger partial charge in [-0.3, -0.25) is 14.5 Å². The Kier molecular flexibility index (Phi) is 10.6. The predicted octanol–water partition coefficient (Wildman–Crippen LogP) is 5.19. The van der Waals surface area contributed by atoms with E-state index < -0.39 is 0 Å². The Bertz CT molecular complexity index is 1260. The molecule has 1 aromatic heterocycles. The first kappa shape index (κ1) is 32.2. The van der Waals surface area contributed by atoms with E-state index in [4.69, 9.17) is 0 Å². The van der Waals surface area contributed by atoms with Gasteiger partial charge in [0.15, 0.2) is 0 Å². The Balaban J connectivity index is 1.02. The number of carbonyl (C=O) groups excluding carboxylic acids is 2. The van der Waals surface area contributed by atoms with Crippen molar-refractivity contribution in [2.45, 2.75) is 134 Å². The molecule has 4 heterocycles. The summed E-state index contributed by atoms with van der Waals surface area (Å²) in [5, 5.41) is 19.1. The number of aryl methyl sites for hydroxylation is 1. The first-order valence-corrected chi connectivity index (χ1v) is 17.9. The van der Waals surface area contributed by atoms with E-state index >= 15 is 0 Å². The summed E-state index contributed by atoms with van der Waals surface area (Å²) < 4.78 is 2.42. The Morgan fingerprint density at radius 2 is 1.67 bits per heavy atom. The second kappa shape index (κ2) is 14.8. The minimum Gasteiger partial charge on any atom is -0.353 e. The summed E-state index contributed by atoms with van der Waals surface area (Å²) in [5.41, 5.74) is 1.18. The smallest absolute Gasteiger partial charge is 0.223 e. The maximum absolute atomic E-state index is 13.6. The average Bonchev–Trinajstić information content (AvgIpc) is 3.74. The van der Waals surface area contributed by atoms with Crippen molar-refractivity contribution < 1.29 is 9.59 Å². The van der Waals surface area contributed by atoms with Gasteiger partial charge in [-0.05, 0) is 102 Å². The number of carbonyl (C=O) groups is 2. The largest absolute Gasteiger partial charge is 0.353 e. The van der Waals surface area contributed by atoms with Crippen LogP contribution in [0.1, 0.15) is 126 Å². The highest BCUT2D eigenvalue weighted by Crippen LogP contribution is 2.42. The maximum atomic E-state index is 13.6. The monoisotopic (exact) mass is 617 g/mol. The lowest BCUT2D eigenvalue weighted by Gasteiger charge is -2.40. The number of aromatic nitrogens is 3. The lowest BCUT2D eigenvalue weighted by atomic mass is 9.93. The molecule has 3 N–H and O–H groups in total. The zero-order valence-corrected chi connectivity index (χ0v) is 27.7. The van der Waals surface area contributed by atoms with Crippen LogP contribution >= 0.6 is 0 Å². The van der Waals surface area contributed by atoms with Gasteiger partial charge in [0.1, 0.15) is 11.6 Å². The molecule has 0 radical (unpaired) electrons. The third-order valence-corrected chi connectivity index (χ3v) is 11.2. The summed E-state index contributed by atoms with van der Waals surface area (Å²) in [7, 11) is 0. The molecular weight excluding hydrogens is 562 g/mol. The quantitative estimate of drug-likeness (QED) is 0.303. The van der Waals surface area contributed by atoms with Crippen LogP contribution in [0.5, 0.6) is 0 Å². The van der Waals surface area contributed by atoms with Crippen molar-refractivity contribution in [3.8, 4) is 0 Å². The summed E-state index contributed by atoms with van der Waals surface area (Å²) in [4.78, 5) is 29.0. The molecule has 2 bridgehead atoms. The normalized spacial score (nSPS) is 28.0. The molecule has 1 saturated carbocycles. The van der Waals surface area contributed by atoms with Crippen LogP contribution in [-0.2, 0) is 9.59 Å². The van der Waals surface area contributed by atoms with Crippen molar-refractivity contribution >= 4 is 11.8 Å². The molecule has 4 aliphatic rings. The topological polar surface area (TPSA) is 104 Å². The van der Waals surface area contributed by atoms with Gasteiger partial charge in [0.2, 0.25) is 11.8 Å². The van der Waals surface area contributed by atoms with Crippen molar-refractivity contribution in [3.63, 3.8) is 0 Å². The number of rotatable bonds is 12. The van der Waals surface area contributed by atoms with Gasteiger partial charge in [-0.15, -0.1) is 10.2 Å². The van der Waals surface area contributed by atoms with Gasteiger partial charge >= 0.3 is 0 Å². The Labute approximate surface area is 269 Å². The van der Waals surface area contributed by atoms with Gasteiger partial charge in [0.25, 0.3) is 0 Å². The molecule has 2 amide bonds. The van der Waals surface area contributed by atoms with Crippen LogP contribution in [0.25, 0.3) is 0 Å². The molecule has 9 nitrogen and oxygen atoms in total. The Morgan fingerprint density at radius 1 is 0.933 bits per heavy atom. The summed E-state index contributed by atoms with van der Waals surface area (Å²) in [6.45, 7) is 9.63. The lowest BCUT2D eigenvalue weighted by molar-refractivity contribution is -0.126. The number of hydrogen-bond acceptors (Lipinski definition) is 6. The summed E-state index contributed by atoms with van der Waals surface area (Å²) >= 11 is 0. The molecule has 3 saturated heterocycles. The van der Waals surface area contributed by atoms with Crippen LogP contribution in [0, 0.1) is 18.8 Å². The molecule has 246 valence electrons. The predicted molar refractivity (Wildman–Crippen MR) is 177 cm³/mol. The van der Waals surface area contributed by atoms with E-state index in [2.05, 4.69) is 80.7 Å². The van der Waals surface area contributed by atoms with E-state index in [1.807, 2.05) is 6.07 Å². The zero-order valence-electron chi connectivity index (χ0n) is 27.7. The van der Waals surface area contributed by atoms with Crippen LogP contribution in [0.3, 0.4) is 0 Å². The first-order chi connectivity index (χ1) is 21.9. The molecule has 3 aliphatic heterocycles. The number of nitrogens with one attached hydrogen (secondary N) is 3.